The fourth-order valence-electron chi connectivity index (χ4n) is 1.99. The molecule has 0 aromatic heterocycles. The lowest BCUT2D eigenvalue weighted by atomic mass is 9.99. The van der Waals surface area contributed by atoms with Gasteiger partial charge < -0.3 is 23.7 Å². The van der Waals surface area contributed by atoms with Gasteiger partial charge in [-0.1, -0.05) is 6.92 Å². The molecule has 21 heavy (non-hydrogen) atoms. The number of carboxylic acid groups (broad SMARTS) is 1. The molecular weight excluding hydrogens is 294 g/mol. The molecule has 0 bridgehead atoms. The molecule has 0 saturated carbocycles. The van der Waals surface area contributed by atoms with Crippen molar-refractivity contribution in [2.45, 2.75) is 38.7 Å². The van der Waals surface area contributed by atoms with E-state index in [1.54, 1.807) is 0 Å². The Hall–Kier alpha value is -0.963. The molecule has 0 aliphatic rings. The maximum absolute atomic E-state index is 11.6. The lowest BCUT2D eigenvalue weighted by molar-refractivity contribution is -0.144. The number of hydrogen-bond donors (Lipinski definition) is 2. The second-order valence-electron chi connectivity index (χ2n) is 4.78. The van der Waals surface area contributed by atoms with Crippen LogP contribution in [0.15, 0.2) is 0 Å². The maximum atomic E-state index is 11.6. The molecule has 0 aliphatic carbocycles. The smallest absolute Gasteiger partial charge is 0.481 e. The van der Waals surface area contributed by atoms with Crippen LogP contribution in [0.1, 0.15) is 32.6 Å². The molecule has 0 fully saturated rings. The van der Waals surface area contributed by atoms with Crippen LogP contribution >= 0.6 is 0 Å². The third-order valence-corrected chi connectivity index (χ3v) is 6.15. The number of amides is 1. The first-order valence-corrected chi connectivity index (χ1v) is 9.02. The summed E-state index contributed by atoms with van der Waals surface area (Å²) in [5.41, 5.74) is 0. The van der Waals surface area contributed by atoms with Crippen LogP contribution in [0.25, 0.3) is 0 Å². The highest BCUT2D eigenvalue weighted by atomic mass is 28.4. The third-order valence-electron chi connectivity index (χ3n) is 3.32. The van der Waals surface area contributed by atoms with Crippen molar-refractivity contribution in [2.75, 3.05) is 27.9 Å². The Labute approximate surface area is 127 Å². The van der Waals surface area contributed by atoms with Crippen molar-refractivity contribution in [3.63, 3.8) is 0 Å². The van der Waals surface area contributed by atoms with E-state index in [2.05, 4.69) is 5.32 Å². The number of aliphatic carboxylic acids is 1. The van der Waals surface area contributed by atoms with Crippen LogP contribution in [0.4, 0.5) is 0 Å². The maximum Gasteiger partial charge on any atom is 0.500 e. The summed E-state index contributed by atoms with van der Waals surface area (Å²) in [4.78, 5) is 22.8. The quantitative estimate of drug-likeness (QED) is 0.526. The molecule has 0 radical (unpaired) electrons. The highest BCUT2D eigenvalue weighted by Crippen LogP contribution is 2.20. The van der Waals surface area contributed by atoms with E-state index in [-0.39, 0.29) is 12.3 Å². The van der Waals surface area contributed by atoms with Crippen molar-refractivity contribution in [3.05, 3.63) is 0 Å². The molecule has 0 rings (SSSR count). The molecule has 0 aliphatic heterocycles. The summed E-state index contributed by atoms with van der Waals surface area (Å²) in [5.74, 6) is -1.88. The first-order valence-electron chi connectivity index (χ1n) is 7.09. The molecule has 0 saturated heterocycles. The van der Waals surface area contributed by atoms with E-state index < -0.39 is 20.7 Å². The van der Waals surface area contributed by atoms with Crippen LogP contribution in [-0.4, -0.2) is 53.7 Å². The predicted octanol–water partition coefficient (Wildman–Crippen LogP) is 1.26. The van der Waals surface area contributed by atoms with Gasteiger partial charge in [0.05, 0.1) is 5.92 Å². The minimum Gasteiger partial charge on any atom is -0.481 e. The predicted molar refractivity (Wildman–Crippen MR) is 79.9 cm³/mol. The lowest BCUT2D eigenvalue weighted by Gasteiger charge is -2.24. The number of carboxylic acids is 1. The topological polar surface area (TPSA) is 94.1 Å². The van der Waals surface area contributed by atoms with E-state index >= 15 is 0 Å². The summed E-state index contributed by atoms with van der Waals surface area (Å²) < 4.78 is 15.8. The van der Waals surface area contributed by atoms with Gasteiger partial charge in [-0.05, 0) is 19.3 Å². The van der Waals surface area contributed by atoms with Gasteiger partial charge in [-0.25, -0.2) is 0 Å². The van der Waals surface area contributed by atoms with Gasteiger partial charge in [-0.15, -0.1) is 0 Å². The summed E-state index contributed by atoms with van der Waals surface area (Å²) in [6.07, 6.45) is 1.78. The van der Waals surface area contributed by atoms with Crippen molar-refractivity contribution in [3.8, 4) is 0 Å². The second kappa shape index (κ2) is 10.7. The van der Waals surface area contributed by atoms with Crippen molar-refractivity contribution in [2.24, 2.45) is 5.92 Å². The minimum atomic E-state index is -2.67. The molecule has 1 atom stereocenters. The third kappa shape index (κ3) is 7.56. The first kappa shape index (κ1) is 20.0. The molecule has 1 amide bonds. The van der Waals surface area contributed by atoms with Gasteiger partial charge >= 0.3 is 14.8 Å². The highest BCUT2D eigenvalue weighted by Gasteiger charge is 2.37. The minimum absolute atomic E-state index is 0.00314. The highest BCUT2D eigenvalue weighted by molar-refractivity contribution is 6.60. The van der Waals surface area contributed by atoms with Gasteiger partial charge in [-0.2, -0.15) is 0 Å². The Morgan fingerprint density at radius 1 is 1.19 bits per heavy atom. The zero-order valence-electron chi connectivity index (χ0n) is 13.3. The van der Waals surface area contributed by atoms with Gasteiger partial charge in [0.15, 0.2) is 0 Å². The van der Waals surface area contributed by atoms with E-state index in [0.717, 1.165) is 6.42 Å². The van der Waals surface area contributed by atoms with Crippen molar-refractivity contribution < 1.29 is 28.0 Å². The van der Waals surface area contributed by atoms with Gasteiger partial charge in [-0.3, -0.25) is 9.59 Å². The summed E-state index contributed by atoms with van der Waals surface area (Å²) in [6.45, 7) is 2.51. The summed E-state index contributed by atoms with van der Waals surface area (Å²) in [6, 6.07) is 0.525. The van der Waals surface area contributed by atoms with Crippen LogP contribution in [0.5, 0.6) is 0 Å². The van der Waals surface area contributed by atoms with Crippen LogP contribution < -0.4 is 5.32 Å². The van der Waals surface area contributed by atoms with Crippen molar-refractivity contribution in [1.29, 1.82) is 0 Å². The van der Waals surface area contributed by atoms with Crippen molar-refractivity contribution in [1.82, 2.24) is 5.32 Å². The van der Waals surface area contributed by atoms with E-state index in [1.807, 2.05) is 6.92 Å². The first-order chi connectivity index (χ1) is 9.94. The van der Waals surface area contributed by atoms with Crippen molar-refractivity contribution >= 4 is 20.7 Å². The molecule has 2 N–H and O–H groups in total. The van der Waals surface area contributed by atoms with E-state index in [1.165, 1.54) is 21.3 Å². The molecule has 0 aromatic rings. The summed E-state index contributed by atoms with van der Waals surface area (Å²) in [5, 5.41) is 11.9. The second-order valence-corrected chi connectivity index (χ2v) is 7.87. The largest absolute Gasteiger partial charge is 0.500 e. The molecule has 8 heteroatoms. The molecule has 7 nitrogen and oxygen atoms in total. The Kier molecular flexibility index (Phi) is 10.2. The van der Waals surface area contributed by atoms with Gasteiger partial charge in [0.25, 0.3) is 0 Å². The van der Waals surface area contributed by atoms with Gasteiger partial charge in [0, 0.05) is 40.3 Å². The summed E-state index contributed by atoms with van der Waals surface area (Å²) in [7, 11) is 1.89. The number of hydrogen-bond acceptors (Lipinski definition) is 5. The summed E-state index contributed by atoms with van der Waals surface area (Å²) >= 11 is 0. The average molecular weight is 321 g/mol. The molecule has 124 valence electrons. The van der Waals surface area contributed by atoms with E-state index in [4.69, 9.17) is 13.3 Å². The van der Waals surface area contributed by atoms with E-state index in [0.29, 0.717) is 25.4 Å². The number of nitrogens with one attached hydrogen (secondary N) is 1. The standard InChI is InChI=1S/C13H27NO6Si/c1-5-8-14-12(15)10-11(13(16)17)7-6-9-21(18-2,19-3)20-4/h11H,5-10H2,1-4H3,(H,14,15)(H,16,17). The molecule has 0 aromatic carbocycles. The van der Waals surface area contributed by atoms with Crippen LogP contribution in [0.2, 0.25) is 6.04 Å². The Morgan fingerprint density at radius 3 is 2.19 bits per heavy atom. The van der Waals surface area contributed by atoms with Crippen LogP contribution in [0, 0.1) is 5.92 Å². The molecule has 0 spiro atoms. The fourth-order valence-corrected chi connectivity index (χ4v) is 3.74. The zero-order chi connectivity index (χ0) is 16.3. The number of carbonyl (C=O) groups excluding carboxylic acids is 1. The lowest BCUT2D eigenvalue weighted by Crippen LogP contribution is -2.42. The molecule has 1 unspecified atom stereocenters. The Morgan fingerprint density at radius 2 is 1.76 bits per heavy atom. The SMILES string of the molecule is CCCNC(=O)CC(CCC[Si](OC)(OC)OC)C(=O)O. The fraction of sp³-hybridized carbons (Fsp3) is 0.846. The average Bonchev–Trinajstić information content (AvgIpc) is 2.48. The Balaban J connectivity index is 4.33. The monoisotopic (exact) mass is 321 g/mol. The number of carbonyl (C=O) groups is 2. The van der Waals surface area contributed by atoms with Crippen LogP contribution in [-0.2, 0) is 22.9 Å². The molecule has 0 heterocycles. The van der Waals surface area contributed by atoms with E-state index in [9.17, 15) is 14.7 Å². The normalized spacial score (nSPS) is 13.0. The van der Waals surface area contributed by atoms with Crippen LogP contribution in [0.3, 0.4) is 0 Å². The zero-order valence-corrected chi connectivity index (χ0v) is 14.3. The molecular formula is C13H27NO6Si. The van der Waals surface area contributed by atoms with Gasteiger partial charge in [0.1, 0.15) is 0 Å². The van der Waals surface area contributed by atoms with Gasteiger partial charge in [0.2, 0.25) is 5.91 Å². The Bertz CT molecular complexity index is 314. The number of rotatable bonds is 12.